The Balaban J connectivity index is 1.77. The highest BCUT2D eigenvalue weighted by Gasteiger charge is 2.15. The molecule has 0 aliphatic heterocycles. The molecule has 0 aliphatic carbocycles. The van der Waals surface area contributed by atoms with E-state index < -0.39 is 10.0 Å². The number of hydrogen-bond acceptors (Lipinski definition) is 3. The Morgan fingerprint density at radius 2 is 2.14 bits per heavy atom. The third kappa shape index (κ3) is 2.92. The lowest BCUT2D eigenvalue weighted by Gasteiger charge is -2.05. The number of H-pyrrole nitrogens is 1. The molecule has 0 amide bonds. The Labute approximate surface area is 132 Å². The largest absolute Gasteiger partial charge is 0.358 e. The molecule has 7 heteroatoms. The first kappa shape index (κ1) is 15.2. The van der Waals surface area contributed by atoms with Crippen molar-refractivity contribution in [2.45, 2.75) is 17.6 Å². The van der Waals surface area contributed by atoms with Crippen molar-refractivity contribution in [3.8, 4) is 0 Å². The maximum atomic E-state index is 13.4. The van der Waals surface area contributed by atoms with Gasteiger partial charge in [0, 0.05) is 23.1 Å². The Hall–Kier alpha value is -1.70. The van der Waals surface area contributed by atoms with Crippen LogP contribution in [0.15, 0.2) is 39.9 Å². The third-order valence-electron chi connectivity index (χ3n) is 3.51. The van der Waals surface area contributed by atoms with Gasteiger partial charge in [-0.05, 0) is 48.6 Å². The quantitative estimate of drug-likeness (QED) is 0.750. The molecule has 0 saturated heterocycles. The second-order valence-corrected chi connectivity index (χ2v) is 7.94. The smallest absolute Gasteiger partial charge is 0.250 e. The fourth-order valence-electron chi connectivity index (χ4n) is 2.47. The van der Waals surface area contributed by atoms with Crippen molar-refractivity contribution in [3.05, 3.63) is 52.8 Å². The first-order valence-corrected chi connectivity index (χ1v) is 9.13. The molecule has 1 aromatic carbocycles. The number of thiophene rings is 1. The predicted octanol–water partition coefficient (Wildman–Crippen LogP) is 3.20. The summed E-state index contributed by atoms with van der Waals surface area (Å²) in [4.78, 5) is 3.19. The molecule has 0 bridgehead atoms. The van der Waals surface area contributed by atoms with E-state index in [-0.39, 0.29) is 12.4 Å². The van der Waals surface area contributed by atoms with E-state index in [9.17, 15) is 12.8 Å². The van der Waals surface area contributed by atoms with Gasteiger partial charge in [-0.2, -0.15) is 0 Å². The molecule has 0 aliphatic rings. The lowest BCUT2D eigenvalue weighted by atomic mass is 10.1. The van der Waals surface area contributed by atoms with Crippen molar-refractivity contribution in [3.63, 3.8) is 0 Å². The first-order chi connectivity index (χ1) is 10.5. The molecule has 0 spiro atoms. The van der Waals surface area contributed by atoms with Gasteiger partial charge in [-0.25, -0.2) is 17.5 Å². The summed E-state index contributed by atoms with van der Waals surface area (Å²) in [6.07, 6.45) is 0.500. The summed E-state index contributed by atoms with van der Waals surface area (Å²) in [5.41, 5.74) is 2.72. The summed E-state index contributed by atoms with van der Waals surface area (Å²) >= 11 is 1.18. The highest BCUT2D eigenvalue weighted by Crippen LogP contribution is 2.23. The molecular weight excluding hydrogens is 323 g/mol. The number of aromatic amines is 1. The molecule has 116 valence electrons. The second-order valence-electron chi connectivity index (χ2n) is 5.00. The molecule has 2 aromatic heterocycles. The first-order valence-electron chi connectivity index (χ1n) is 6.77. The third-order valence-corrected chi connectivity index (χ3v) is 6.37. The molecule has 0 fully saturated rings. The van der Waals surface area contributed by atoms with Crippen LogP contribution in [0, 0.1) is 12.7 Å². The van der Waals surface area contributed by atoms with E-state index in [0.717, 1.165) is 22.2 Å². The van der Waals surface area contributed by atoms with Crippen molar-refractivity contribution >= 4 is 32.3 Å². The number of halogens is 1. The van der Waals surface area contributed by atoms with Gasteiger partial charge < -0.3 is 4.98 Å². The van der Waals surface area contributed by atoms with Crippen LogP contribution in [0.25, 0.3) is 10.9 Å². The van der Waals surface area contributed by atoms with E-state index in [1.54, 1.807) is 23.6 Å². The molecule has 4 nitrogen and oxygen atoms in total. The van der Waals surface area contributed by atoms with Crippen molar-refractivity contribution in [2.75, 3.05) is 6.54 Å². The van der Waals surface area contributed by atoms with Gasteiger partial charge in [0.05, 0.1) is 0 Å². The second kappa shape index (κ2) is 5.83. The van der Waals surface area contributed by atoms with Gasteiger partial charge in [0.15, 0.2) is 0 Å². The zero-order chi connectivity index (χ0) is 15.7. The Morgan fingerprint density at radius 1 is 1.32 bits per heavy atom. The molecule has 0 atom stereocenters. The highest BCUT2D eigenvalue weighted by atomic mass is 32.2. The standard InChI is InChI=1S/C15H15FN2O2S2/c1-10-12(13-9-11(16)4-5-14(13)18-10)6-7-17-22(19,20)15-3-2-8-21-15/h2-5,8-9,17-18H,6-7H2,1H3. The van der Waals surface area contributed by atoms with Gasteiger partial charge in [-0.15, -0.1) is 11.3 Å². The average Bonchev–Trinajstić information content (AvgIpc) is 3.08. The molecule has 0 radical (unpaired) electrons. The SMILES string of the molecule is Cc1[nH]c2ccc(F)cc2c1CCNS(=O)(=O)c1cccs1. The van der Waals surface area contributed by atoms with Crippen LogP contribution in [0.4, 0.5) is 4.39 Å². The Bertz CT molecular complexity index is 899. The van der Waals surface area contributed by atoms with E-state index >= 15 is 0 Å². The Kier molecular flexibility index (Phi) is 4.03. The fraction of sp³-hybridized carbons (Fsp3) is 0.200. The van der Waals surface area contributed by atoms with Crippen LogP contribution < -0.4 is 4.72 Å². The molecule has 2 heterocycles. The summed E-state index contributed by atoms with van der Waals surface area (Å²) in [7, 11) is -3.46. The van der Waals surface area contributed by atoms with E-state index in [1.165, 1.54) is 23.5 Å². The minimum Gasteiger partial charge on any atom is -0.358 e. The highest BCUT2D eigenvalue weighted by molar-refractivity contribution is 7.91. The number of rotatable bonds is 5. The van der Waals surface area contributed by atoms with Crippen LogP contribution in [0.1, 0.15) is 11.3 Å². The summed E-state index contributed by atoms with van der Waals surface area (Å²) in [6, 6.07) is 7.84. The number of nitrogens with one attached hydrogen (secondary N) is 2. The molecule has 3 rings (SSSR count). The van der Waals surface area contributed by atoms with Crippen LogP contribution in [-0.4, -0.2) is 19.9 Å². The monoisotopic (exact) mass is 338 g/mol. The van der Waals surface area contributed by atoms with Crippen LogP contribution in [0.2, 0.25) is 0 Å². The fourth-order valence-corrected chi connectivity index (χ4v) is 4.54. The number of fused-ring (bicyclic) bond motifs is 1. The lowest BCUT2D eigenvalue weighted by Crippen LogP contribution is -2.25. The number of aryl methyl sites for hydroxylation is 1. The molecule has 3 aromatic rings. The summed E-state index contributed by atoms with van der Waals surface area (Å²) in [5, 5.41) is 2.52. The molecular formula is C15H15FN2O2S2. The normalized spacial score (nSPS) is 12.1. The molecule has 0 saturated carbocycles. The minimum atomic E-state index is -3.46. The molecule has 0 unspecified atom stereocenters. The van der Waals surface area contributed by atoms with Crippen LogP contribution in [0.3, 0.4) is 0 Å². The van der Waals surface area contributed by atoms with Crippen molar-refractivity contribution in [1.29, 1.82) is 0 Å². The van der Waals surface area contributed by atoms with E-state index in [0.29, 0.717) is 10.6 Å². The van der Waals surface area contributed by atoms with Gasteiger partial charge in [0.1, 0.15) is 10.0 Å². The van der Waals surface area contributed by atoms with Gasteiger partial charge >= 0.3 is 0 Å². The van der Waals surface area contributed by atoms with Gasteiger partial charge in [0.2, 0.25) is 10.0 Å². The predicted molar refractivity (Wildman–Crippen MR) is 86.2 cm³/mol. The number of benzene rings is 1. The number of sulfonamides is 1. The van der Waals surface area contributed by atoms with Crippen LogP contribution in [-0.2, 0) is 16.4 Å². The van der Waals surface area contributed by atoms with Gasteiger partial charge in [-0.1, -0.05) is 6.07 Å². The van der Waals surface area contributed by atoms with Crippen molar-refractivity contribution in [2.24, 2.45) is 0 Å². The number of aromatic nitrogens is 1. The summed E-state index contributed by atoms with van der Waals surface area (Å²) in [6.45, 7) is 2.17. The van der Waals surface area contributed by atoms with E-state index in [1.807, 2.05) is 6.92 Å². The maximum Gasteiger partial charge on any atom is 0.250 e. The number of hydrogen-bond donors (Lipinski definition) is 2. The average molecular weight is 338 g/mol. The molecule has 2 N–H and O–H groups in total. The Morgan fingerprint density at radius 3 is 2.86 bits per heavy atom. The van der Waals surface area contributed by atoms with Gasteiger partial charge in [0.25, 0.3) is 0 Å². The van der Waals surface area contributed by atoms with Gasteiger partial charge in [-0.3, -0.25) is 0 Å². The van der Waals surface area contributed by atoms with E-state index in [2.05, 4.69) is 9.71 Å². The zero-order valence-electron chi connectivity index (χ0n) is 11.9. The zero-order valence-corrected chi connectivity index (χ0v) is 13.5. The van der Waals surface area contributed by atoms with Crippen LogP contribution >= 0.6 is 11.3 Å². The van der Waals surface area contributed by atoms with Crippen molar-refractivity contribution < 1.29 is 12.8 Å². The van der Waals surface area contributed by atoms with E-state index in [4.69, 9.17) is 0 Å². The van der Waals surface area contributed by atoms with Crippen LogP contribution in [0.5, 0.6) is 0 Å². The topological polar surface area (TPSA) is 62.0 Å². The minimum absolute atomic E-state index is 0.268. The maximum absolute atomic E-state index is 13.4. The summed E-state index contributed by atoms with van der Waals surface area (Å²) < 4.78 is 40.4. The summed E-state index contributed by atoms with van der Waals surface area (Å²) in [5.74, 6) is -0.299. The molecule has 22 heavy (non-hydrogen) atoms. The van der Waals surface area contributed by atoms with Crippen molar-refractivity contribution in [1.82, 2.24) is 9.71 Å². The lowest BCUT2D eigenvalue weighted by molar-refractivity contribution is 0.583.